The number of carbonyl (C=O) groups is 1. The van der Waals surface area contributed by atoms with Crippen molar-refractivity contribution in [3.05, 3.63) is 45.4 Å². The summed E-state index contributed by atoms with van der Waals surface area (Å²) in [6.07, 6.45) is 0. The Labute approximate surface area is 146 Å². The van der Waals surface area contributed by atoms with Gasteiger partial charge >= 0.3 is 0 Å². The Bertz CT molecular complexity index is 978. The molecule has 124 valence electrons. The largest absolute Gasteiger partial charge is 0.301 e. The van der Waals surface area contributed by atoms with Gasteiger partial charge in [0.1, 0.15) is 0 Å². The van der Waals surface area contributed by atoms with E-state index in [0.29, 0.717) is 16.0 Å². The highest BCUT2D eigenvalue weighted by Crippen LogP contribution is 2.29. The topological polar surface area (TPSA) is 87.7 Å². The molecule has 24 heavy (non-hydrogen) atoms. The highest BCUT2D eigenvalue weighted by Gasteiger charge is 2.11. The molecule has 0 saturated heterocycles. The maximum Gasteiger partial charge on any atom is 0.251 e. The number of amides is 1. The lowest BCUT2D eigenvalue weighted by Gasteiger charge is -2.02. The minimum Gasteiger partial charge on any atom is -0.301 e. The van der Waals surface area contributed by atoms with Crippen LogP contribution in [0.15, 0.2) is 28.2 Å². The molecule has 0 saturated carbocycles. The molecular formula is C16H16N4O2S2. The van der Waals surface area contributed by atoms with Crippen LogP contribution in [-0.4, -0.2) is 26.6 Å². The zero-order chi connectivity index (χ0) is 17.3. The summed E-state index contributed by atoms with van der Waals surface area (Å²) in [5.41, 5.74) is 3.59. The number of aromatic amines is 1. The number of anilines is 1. The second kappa shape index (κ2) is 6.74. The number of aromatic nitrogens is 3. The van der Waals surface area contributed by atoms with Gasteiger partial charge < -0.3 is 10.3 Å². The molecule has 2 heterocycles. The summed E-state index contributed by atoms with van der Waals surface area (Å²) in [5.74, 6) is -0.0297. The highest BCUT2D eigenvalue weighted by molar-refractivity contribution is 7.99. The van der Waals surface area contributed by atoms with E-state index in [2.05, 4.69) is 32.4 Å². The number of aryl methyl sites for hydroxylation is 3. The lowest BCUT2D eigenvalue weighted by Crippen LogP contribution is -2.15. The van der Waals surface area contributed by atoms with Gasteiger partial charge in [-0.25, -0.2) is 9.97 Å². The van der Waals surface area contributed by atoms with E-state index in [1.54, 1.807) is 6.92 Å². The fraction of sp³-hybridized carbons (Fsp3) is 0.250. The van der Waals surface area contributed by atoms with Crippen molar-refractivity contribution in [3.63, 3.8) is 0 Å². The third-order valence-electron chi connectivity index (χ3n) is 3.26. The summed E-state index contributed by atoms with van der Waals surface area (Å²) in [6.45, 7) is 5.79. The molecule has 0 fully saturated rings. The molecule has 8 heteroatoms. The molecule has 3 rings (SSSR count). The number of nitrogens with zero attached hydrogens (tertiary/aromatic N) is 2. The Morgan fingerprint density at radius 1 is 1.25 bits per heavy atom. The van der Waals surface area contributed by atoms with E-state index in [-0.39, 0.29) is 17.2 Å². The molecule has 0 radical (unpaired) electrons. The summed E-state index contributed by atoms with van der Waals surface area (Å²) in [5, 5.41) is 3.82. The average Bonchev–Trinajstić information content (AvgIpc) is 2.86. The van der Waals surface area contributed by atoms with Gasteiger partial charge in [-0.15, -0.1) is 0 Å². The van der Waals surface area contributed by atoms with Crippen molar-refractivity contribution in [3.8, 4) is 0 Å². The minimum atomic E-state index is -0.220. The third kappa shape index (κ3) is 3.82. The number of hydrogen-bond acceptors (Lipinski definition) is 6. The van der Waals surface area contributed by atoms with E-state index in [1.165, 1.54) is 34.7 Å². The monoisotopic (exact) mass is 360 g/mol. The molecule has 0 unspecified atom stereocenters. The molecular weight excluding hydrogens is 344 g/mol. The molecule has 0 atom stereocenters. The molecule has 1 aromatic carbocycles. The molecule has 0 aliphatic carbocycles. The van der Waals surface area contributed by atoms with Crippen LogP contribution in [0.5, 0.6) is 0 Å². The summed E-state index contributed by atoms with van der Waals surface area (Å²) in [4.78, 5) is 34.8. The predicted octanol–water partition coefficient (Wildman–Crippen LogP) is 3.04. The van der Waals surface area contributed by atoms with E-state index >= 15 is 0 Å². The van der Waals surface area contributed by atoms with Crippen molar-refractivity contribution >= 4 is 44.4 Å². The van der Waals surface area contributed by atoms with Gasteiger partial charge in [0.25, 0.3) is 5.56 Å². The summed E-state index contributed by atoms with van der Waals surface area (Å²) in [7, 11) is 0. The van der Waals surface area contributed by atoms with Gasteiger partial charge in [0.05, 0.1) is 16.0 Å². The summed E-state index contributed by atoms with van der Waals surface area (Å²) >= 11 is 2.64. The van der Waals surface area contributed by atoms with E-state index < -0.39 is 0 Å². The minimum absolute atomic E-state index is 0.153. The van der Waals surface area contributed by atoms with Gasteiger partial charge in [0.15, 0.2) is 10.3 Å². The number of thiazole rings is 1. The first-order valence-electron chi connectivity index (χ1n) is 7.29. The van der Waals surface area contributed by atoms with E-state index in [9.17, 15) is 9.59 Å². The molecule has 6 nitrogen and oxygen atoms in total. The maximum absolute atomic E-state index is 12.1. The number of thioether (sulfide) groups is 1. The zero-order valence-corrected chi connectivity index (χ0v) is 15.1. The van der Waals surface area contributed by atoms with Crippen LogP contribution >= 0.6 is 23.1 Å². The third-order valence-corrected chi connectivity index (χ3v) is 5.06. The molecule has 2 N–H and O–H groups in total. The number of rotatable bonds is 4. The van der Waals surface area contributed by atoms with Crippen molar-refractivity contribution in [2.45, 2.75) is 25.9 Å². The predicted molar refractivity (Wildman–Crippen MR) is 98.0 cm³/mol. The summed E-state index contributed by atoms with van der Waals surface area (Å²) in [6, 6.07) is 5.55. The number of benzene rings is 1. The van der Waals surface area contributed by atoms with Crippen LogP contribution in [0.4, 0.5) is 5.13 Å². The first-order valence-corrected chi connectivity index (χ1v) is 9.09. The van der Waals surface area contributed by atoms with Crippen LogP contribution < -0.4 is 10.9 Å². The number of hydrogen-bond donors (Lipinski definition) is 2. The van der Waals surface area contributed by atoms with Gasteiger partial charge in [-0.05, 0) is 38.0 Å². The maximum atomic E-state index is 12.1. The van der Waals surface area contributed by atoms with Crippen molar-refractivity contribution < 1.29 is 4.79 Å². The summed E-state index contributed by atoms with van der Waals surface area (Å²) < 4.78 is 1.06. The lowest BCUT2D eigenvalue weighted by atomic mass is 10.1. The van der Waals surface area contributed by atoms with Gasteiger partial charge in [-0.3, -0.25) is 9.59 Å². The Morgan fingerprint density at radius 3 is 2.79 bits per heavy atom. The molecule has 1 amide bonds. The van der Waals surface area contributed by atoms with Crippen LogP contribution in [0, 0.1) is 20.8 Å². The van der Waals surface area contributed by atoms with Gasteiger partial charge in [-0.1, -0.05) is 29.2 Å². The standard InChI is InChI=1S/C16H16N4O2S2/c1-8-4-9(2)14-11(5-8)24-16(20-14)19-13(22)7-23-15-17-10(3)6-12(21)18-15/h4-6H,7H2,1-3H3,(H,17,18,21)(H,19,20,22). The molecule has 2 aromatic heterocycles. The van der Waals surface area contributed by atoms with Crippen molar-refractivity contribution in [2.75, 3.05) is 11.1 Å². The SMILES string of the molecule is Cc1cc(C)c2nc(NC(=O)CSc3nc(C)cc(=O)[nH]3)sc2c1. The van der Waals surface area contributed by atoms with Gasteiger partial charge in [-0.2, -0.15) is 0 Å². The van der Waals surface area contributed by atoms with Crippen molar-refractivity contribution in [1.29, 1.82) is 0 Å². The average molecular weight is 360 g/mol. The molecule has 3 aromatic rings. The Morgan fingerprint density at radius 2 is 2.04 bits per heavy atom. The van der Waals surface area contributed by atoms with Gasteiger partial charge in [0, 0.05) is 11.8 Å². The van der Waals surface area contributed by atoms with Crippen LogP contribution in [0.25, 0.3) is 10.2 Å². The number of nitrogens with one attached hydrogen (secondary N) is 2. The Balaban J connectivity index is 1.68. The Kier molecular flexibility index (Phi) is 4.68. The van der Waals surface area contributed by atoms with Crippen molar-refractivity contribution in [1.82, 2.24) is 15.0 Å². The second-order valence-corrected chi connectivity index (χ2v) is 7.47. The molecule has 0 aliphatic rings. The first kappa shape index (κ1) is 16.7. The molecule has 0 aliphatic heterocycles. The Hall–Kier alpha value is -2.19. The van der Waals surface area contributed by atoms with Crippen LogP contribution in [0.2, 0.25) is 0 Å². The number of fused-ring (bicyclic) bond motifs is 1. The number of H-pyrrole nitrogens is 1. The highest BCUT2D eigenvalue weighted by atomic mass is 32.2. The van der Waals surface area contributed by atoms with E-state index in [1.807, 2.05) is 13.8 Å². The second-order valence-electron chi connectivity index (χ2n) is 5.48. The first-order chi connectivity index (χ1) is 11.4. The van der Waals surface area contributed by atoms with Crippen LogP contribution in [-0.2, 0) is 4.79 Å². The van der Waals surface area contributed by atoms with Gasteiger partial charge in [0.2, 0.25) is 5.91 Å². The fourth-order valence-electron chi connectivity index (χ4n) is 2.33. The fourth-order valence-corrected chi connectivity index (χ4v) is 4.11. The van der Waals surface area contributed by atoms with Crippen LogP contribution in [0.1, 0.15) is 16.8 Å². The van der Waals surface area contributed by atoms with Crippen molar-refractivity contribution in [2.24, 2.45) is 0 Å². The van der Waals surface area contributed by atoms with E-state index in [0.717, 1.165) is 15.8 Å². The molecule has 0 spiro atoms. The molecule has 0 bridgehead atoms. The lowest BCUT2D eigenvalue weighted by molar-refractivity contribution is -0.113. The quantitative estimate of drug-likeness (QED) is 0.551. The normalized spacial score (nSPS) is 11.0. The number of carbonyl (C=O) groups excluding carboxylic acids is 1. The smallest absolute Gasteiger partial charge is 0.251 e. The van der Waals surface area contributed by atoms with Crippen LogP contribution in [0.3, 0.4) is 0 Å². The van der Waals surface area contributed by atoms with E-state index in [4.69, 9.17) is 0 Å². The zero-order valence-electron chi connectivity index (χ0n) is 13.5.